The van der Waals surface area contributed by atoms with Crippen molar-refractivity contribution in [3.8, 4) is 0 Å². The second kappa shape index (κ2) is 5.99. The van der Waals surface area contributed by atoms with Gasteiger partial charge in [-0.3, -0.25) is 10.6 Å². The molecule has 1 aliphatic rings. The second-order valence-electron chi connectivity index (χ2n) is 5.03. The molecule has 0 spiro atoms. The monoisotopic (exact) mass is 263 g/mol. The van der Waals surface area contributed by atoms with Crippen LogP contribution in [0.3, 0.4) is 0 Å². The number of hydrogen-bond donors (Lipinski definition) is 2. The van der Waals surface area contributed by atoms with Crippen molar-refractivity contribution in [3.05, 3.63) is 24.0 Å². The number of amides is 1. The Morgan fingerprint density at radius 3 is 2.68 bits per heavy atom. The Labute approximate surface area is 113 Å². The summed E-state index contributed by atoms with van der Waals surface area (Å²) in [4.78, 5) is 20.6. The minimum atomic E-state index is -0.0295. The van der Waals surface area contributed by atoms with Gasteiger partial charge in [0.2, 0.25) is 0 Å². The number of anilines is 1. The molecule has 1 aromatic heterocycles. The van der Waals surface area contributed by atoms with Crippen LogP contribution < -0.4 is 11.3 Å². The quantitative estimate of drug-likeness (QED) is 0.615. The molecule has 0 aromatic carbocycles. The summed E-state index contributed by atoms with van der Waals surface area (Å²) in [6, 6.07) is 3.75. The SMILES string of the molecule is CN1CCC(N(C)C(=O)c2ccc(NN)cn2)CC1. The predicted molar refractivity (Wildman–Crippen MR) is 74.7 cm³/mol. The Kier molecular flexibility index (Phi) is 4.34. The number of nitrogens with zero attached hydrogens (tertiary/aromatic N) is 3. The van der Waals surface area contributed by atoms with Crippen molar-refractivity contribution in [3.63, 3.8) is 0 Å². The molecule has 1 aromatic rings. The average Bonchev–Trinajstić information content (AvgIpc) is 2.46. The fourth-order valence-electron chi connectivity index (χ4n) is 2.33. The largest absolute Gasteiger partial charge is 0.337 e. The van der Waals surface area contributed by atoms with Crippen LogP contribution >= 0.6 is 0 Å². The summed E-state index contributed by atoms with van der Waals surface area (Å²) < 4.78 is 0. The lowest BCUT2D eigenvalue weighted by molar-refractivity contribution is 0.0654. The molecule has 1 aliphatic heterocycles. The standard InChI is InChI=1S/C13H21N5O/c1-17-7-5-11(6-8-17)18(2)13(19)12-4-3-10(16-14)9-15-12/h3-4,9,11,16H,5-8,14H2,1-2H3. The number of nitrogens with two attached hydrogens (primary N) is 1. The maximum atomic E-state index is 12.3. The number of hydrogen-bond acceptors (Lipinski definition) is 5. The number of nitrogens with one attached hydrogen (secondary N) is 1. The van der Waals surface area contributed by atoms with Gasteiger partial charge in [0.1, 0.15) is 5.69 Å². The van der Waals surface area contributed by atoms with E-state index < -0.39 is 0 Å². The molecule has 2 heterocycles. The molecule has 2 rings (SSSR count). The molecule has 1 amide bonds. The maximum absolute atomic E-state index is 12.3. The number of carbonyl (C=O) groups excluding carboxylic acids is 1. The summed E-state index contributed by atoms with van der Waals surface area (Å²) in [5.41, 5.74) is 3.65. The maximum Gasteiger partial charge on any atom is 0.272 e. The molecule has 0 unspecified atom stereocenters. The van der Waals surface area contributed by atoms with Crippen molar-refractivity contribution in [1.82, 2.24) is 14.8 Å². The van der Waals surface area contributed by atoms with Crippen LogP contribution in [0, 0.1) is 0 Å². The Hall–Kier alpha value is -1.66. The van der Waals surface area contributed by atoms with E-state index in [1.54, 1.807) is 18.3 Å². The number of pyridine rings is 1. The molecule has 0 aliphatic carbocycles. The Balaban J connectivity index is 2.01. The third-order valence-corrected chi connectivity index (χ3v) is 3.71. The van der Waals surface area contributed by atoms with E-state index in [1.165, 1.54) is 0 Å². The minimum Gasteiger partial charge on any atom is -0.337 e. The van der Waals surface area contributed by atoms with Gasteiger partial charge in [-0.1, -0.05) is 0 Å². The van der Waals surface area contributed by atoms with Gasteiger partial charge in [-0.15, -0.1) is 0 Å². The van der Waals surface area contributed by atoms with Crippen molar-refractivity contribution in [2.24, 2.45) is 5.84 Å². The molecule has 0 saturated carbocycles. The normalized spacial score (nSPS) is 17.2. The van der Waals surface area contributed by atoms with Gasteiger partial charge < -0.3 is 15.2 Å². The fourth-order valence-corrected chi connectivity index (χ4v) is 2.33. The van der Waals surface area contributed by atoms with Crippen LogP contribution in [-0.4, -0.2) is 53.9 Å². The van der Waals surface area contributed by atoms with E-state index in [0.717, 1.165) is 25.9 Å². The van der Waals surface area contributed by atoms with Crippen LogP contribution in [0.5, 0.6) is 0 Å². The topological polar surface area (TPSA) is 74.5 Å². The lowest BCUT2D eigenvalue weighted by Gasteiger charge is -2.34. The first-order valence-corrected chi connectivity index (χ1v) is 6.50. The van der Waals surface area contributed by atoms with Crippen molar-refractivity contribution in [1.29, 1.82) is 0 Å². The van der Waals surface area contributed by atoms with E-state index in [1.807, 2.05) is 11.9 Å². The van der Waals surface area contributed by atoms with E-state index >= 15 is 0 Å². The van der Waals surface area contributed by atoms with Crippen LogP contribution in [-0.2, 0) is 0 Å². The third kappa shape index (κ3) is 3.21. The molecule has 0 radical (unpaired) electrons. The molecule has 0 atom stereocenters. The van der Waals surface area contributed by atoms with Crippen LogP contribution in [0.4, 0.5) is 5.69 Å². The number of rotatable bonds is 3. The number of nitrogen functional groups attached to an aromatic ring is 1. The Morgan fingerprint density at radius 1 is 1.47 bits per heavy atom. The summed E-state index contributed by atoms with van der Waals surface area (Å²) in [6.45, 7) is 2.07. The smallest absolute Gasteiger partial charge is 0.272 e. The highest BCUT2D eigenvalue weighted by Crippen LogP contribution is 2.16. The molecule has 104 valence electrons. The molecule has 3 N–H and O–H groups in total. The number of aromatic nitrogens is 1. The van der Waals surface area contributed by atoms with Gasteiger partial charge in [0.25, 0.3) is 5.91 Å². The molecule has 0 bridgehead atoms. The number of carbonyl (C=O) groups is 1. The molecule has 19 heavy (non-hydrogen) atoms. The molecule has 6 heteroatoms. The van der Waals surface area contributed by atoms with E-state index in [-0.39, 0.29) is 5.91 Å². The second-order valence-corrected chi connectivity index (χ2v) is 5.03. The summed E-state index contributed by atoms with van der Waals surface area (Å²) in [6.07, 6.45) is 3.60. The third-order valence-electron chi connectivity index (χ3n) is 3.71. The summed E-state index contributed by atoms with van der Waals surface area (Å²) >= 11 is 0. The van der Waals surface area contributed by atoms with Crippen molar-refractivity contribution in [2.45, 2.75) is 18.9 Å². The first kappa shape index (κ1) is 13.8. The fraction of sp³-hybridized carbons (Fsp3) is 0.538. The Bertz CT molecular complexity index is 425. The zero-order chi connectivity index (χ0) is 13.8. The van der Waals surface area contributed by atoms with Crippen molar-refractivity contribution in [2.75, 3.05) is 32.6 Å². The van der Waals surface area contributed by atoms with E-state index in [4.69, 9.17) is 5.84 Å². The van der Waals surface area contributed by atoms with E-state index in [0.29, 0.717) is 17.4 Å². The van der Waals surface area contributed by atoms with Gasteiger partial charge >= 0.3 is 0 Å². The van der Waals surface area contributed by atoms with Gasteiger partial charge in [-0.2, -0.15) is 0 Å². The molecular weight excluding hydrogens is 242 g/mol. The zero-order valence-corrected chi connectivity index (χ0v) is 11.5. The van der Waals surface area contributed by atoms with E-state index in [9.17, 15) is 4.79 Å². The zero-order valence-electron chi connectivity index (χ0n) is 11.5. The van der Waals surface area contributed by atoms with Gasteiger partial charge in [0.15, 0.2) is 0 Å². The van der Waals surface area contributed by atoms with Crippen LogP contribution in [0.2, 0.25) is 0 Å². The van der Waals surface area contributed by atoms with Gasteiger partial charge in [-0.05, 0) is 45.1 Å². The van der Waals surface area contributed by atoms with Crippen molar-refractivity contribution < 1.29 is 4.79 Å². The predicted octanol–water partition coefficient (Wildman–Crippen LogP) is 0.533. The van der Waals surface area contributed by atoms with Crippen LogP contribution in [0.25, 0.3) is 0 Å². The Morgan fingerprint density at radius 2 is 2.16 bits per heavy atom. The average molecular weight is 263 g/mol. The lowest BCUT2D eigenvalue weighted by atomic mass is 10.0. The highest BCUT2D eigenvalue weighted by atomic mass is 16.2. The first-order valence-electron chi connectivity index (χ1n) is 6.50. The van der Waals surface area contributed by atoms with Crippen molar-refractivity contribution >= 4 is 11.6 Å². The number of hydrazine groups is 1. The van der Waals surface area contributed by atoms with Crippen LogP contribution in [0.15, 0.2) is 18.3 Å². The van der Waals surface area contributed by atoms with Gasteiger partial charge in [-0.25, -0.2) is 4.98 Å². The molecule has 1 saturated heterocycles. The lowest BCUT2D eigenvalue weighted by Crippen LogP contribution is -2.44. The number of piperidine rings is 1. The number of likely N-dealkylation sites (tertiary alicyclic amines) is 1. The summed E-state index contributed by atoms with van der Waals surface area (Å²) in [7, 11) is 3.97. The molecule has 6 nitrogen and oxygen atoms in total. The van der Waals surface area contributed by atoms with Gasteiger partial charge in [0, 0.05) is 13.1 Å². The minimum absolute atomic E-state index is 0.0295. The molecular formula is C13H21N5O. The molecule has 1 fully saturated rings. The first-order chi connectivity index (χ1) is 9.11. The van der Waals surface area contributed by atoms with Gasteiger partial charge in [0.05, 0.1) is 11.9 Å². The highest BCUT2D eigenvalue weighted by molar-refractivity contribution is 5.92. The van der Waals surface area contributed by atoms with Crippen LogP contribution in [0.1, 0.15) is 23.3 Å². The summed E-state index contributed by atoms with van der Waals surface area (Å²) in [5, 5.41) is 0. The van der Waals surface area contributed by atoms with E-state index in [2.05, 4.69) is 22.4 Å². The highest BCUT2D eigenvalue weighted by Gasteiger charge is 2.25. The summed E-state index contributed by atoms with van der Waals surface area (Å²) in [5.74, 6) is 5.25.